The van der Waals surface area contributed by atoms with E-state index < -0.39 is 35.4 Å². The van der Waals surface area contributed by atoms with Crippen molar-refractivity contribution in [1.29, 1.82) is 0 Å². The molecule has 0 aliphatic carbocycles. The minimum absolute atomic E-state index is 0.0431. The number of hydrogen-bond donors (Lipinski definition) is 1. The molecule has 1 amide bonds. The predicted octanol–water partition coefficient (Wildman–Crippen LogP) is -0.0680. The van der Waals surface area contributed by atoms with Crippen LogP contribution in [0.15, 0.2) is 9.32 Å². The van der Waals surface area contributed by atoms with E-state index >= 15 is 0 Å². The van der Waals surface area contributed by atoms with Gasteiger partial charge in [0.2, 0.25) is 11.4 Å². The summed E-state index contributed by atoms with van der Waals surface area (Å²) in [6.45, 7) is 4.52. The number of rotatable bonds is 8. The summed E-state index contributed by atoms with van der Waals surface area (Å²) in [5, 5.41) is 2.27. The molecule has 10 heteroatoms. The summed E-state index contributed by atoms with van der Waals surface area (Å²) >= 11 is 0. The molecule has 26 heavy (non-hydrogen) atoms. The highest BCUT2D eigenvalue weighted by Crippen LogP contribution is 2.24. The number of ether oxygens (including phenoxy) is 3. The summed E-state index contributed by atoms with van der Waals surface area (Å²) in [6.07, 6.45) is -0.488. The third-order valence-corrected chi connectivity index (χ3v) is 3.66. The van der Waals surface area contributed by atoms with E-state index in [1.54, 1.807) is 13.8 Å². The number of carbonyl (C=O) groups excluding carboxylic acids is 3. The summed E-state index contributed by atoms with van der Waals surface area (Å²) < 4.78 is 20.7. The summed E-state index contributed by atoms with van der Waals surface area (Å²) in [5.74, 6) is -2.77. The maximum atomic E-state index is 12.6. The fourth-order valence-electron chi connectivity index (χ4n) is 2.58. The van der Waals surface area contributed by atoms with Gasteiger partial charge in [0.05, 0.1) is 19.8 Å². The van der Waals surface area contributed by atoms with Crippen LogP contribution in [0.1, 0.15) is 38.0 Å². The first-order chi connectivity index (χ1) is 12.1. The van der Waals surface area contributed by atoms with E-state index in [-0.39, 0.29) is 24.0 Å². The fraction of sp³-hybridized carbons (Fsp3) is 0.625. The first-order valence-electron chi connectivity index (χ1n) is 7.82. The second-order valence-corrected chi connectivity index (χ2v) is 5.94. The zero-order valence-electron chi connectivity index (χ0n) is 15.7. The number of esters is 2. The standard InChI is InChI=1S/C16H24N2O8/c1-9(2)12-11(13(20)18(26-12)8-23-4)7-16(14(21)24-5,15(22)25-6)17-10(3)19/h9H,7-8H2,1-6H3,(H,17,19). The molecule has 1 aromatic rings. The van der Waals surface area contributed by atoms with Crippen molar-refractivity contribution >= 4 is 17.8 Å². The van der Waals surface area contributed by atoms with Gasteiger partial charge in [-0.1, -0.05) is 13.8 Å². The predicted molar refractivity (Wildman–Crippen MR) is 88.3 cm³/mol. The largest absolute Gasteiger partial charge is 0.467 e. The molecule has 0 atom stereocenters. The average Bonchev–Trinajstić information content (AvgIpc) is 2.89. The lowest BCUT2D eigenvalue weighted by Gasteiger charge is -2.28. The topological polar surface area (TPSA) is 126 Å². The van der Waals surface area contributed by atoms with Crippen LogP contribution < -0.4 is 10.9 Å². The van der Waals surface area contributed by atoms with Crippen LogP contribution in [0.5, 0.6) is 0 Å². The number of aromatic nitrogens is 1. The lowest BCUT2D eigenvalue weighted by atomic mass is 9.89. The monoisotopic (exact) mass is 372 g/mol. The molecule has 0 unspecified atom stereocenters. The third kappa shape index (κ3) is 4.13. The quantitative estimate of drug-likeness (QED) is 0.496. The Labute approximate surface area is 150 Å². The summed E-state index contributed by atoms with van der Waals surface area (Å²) in [4.78, 5) is 49.1. The van der Waals surface area contributed by atoms with E-state index in [0.717, 1.165) is 25.9 Å². The van der Waals surface area contributed by atoms with Crippen LogP contribution in [0.3, 0.4) is 0 Å². The molecule has 146 valence electrons. The van der Waals surface area contributed by atoms with Crippen LogP contribution in [0.4, 0.5) is 0 Å². The highest BCUT2D eigenvalue weighted by atomic mass is 16.6. The second-order valence-electron chi connectivity index (χ2n) is 5.94. The molecule has 0 aliphatic rings. The molecule has 0 bridgehead atoms. The van der Waals surface area contributed by atoms with Gasteiger partial charge in [0, 0.05) is 26.4 Å². The van der Waals surface area contributed by atoms with Gasteiger partial charge in [0.1, 0.15) is 5.76 Å². The lowest BCUT2D eigenvalue weighted by Crippen LogP contribution is -2.62. The van der Waals surface area contributed by atoms with Crippen molar-refractivity contribution in [1.82, 2.24) is 10.1 Å². The number of methoxy groups -OCH3 is 3. The van der Waals surface area contributed by atoms with Crippen LogP contribution in [0.2, 0.25) is 0 Å². The van der Waals surface area contributed by atoms with Crippen molar-refractivity contribution in [3.63, 3.8) is 0 Å². The number of carbonyl (C=O) groups is 3. The van der Waals surface area contributed by atoms with Crippen molar-refractivity contribution in [2.75, 3.05) is 21.3 Å². The summed E-state index contributed by atoms with van der Waals surface area (Å²) in [5.41, 5.74) is -2.76. The van der Waals surface area contributed by atoms with E-state index in [9.17, 15) is 19.2 Å². The number of amides is 1. The molecule has 1 aromatic heterocycles. The van der Waals surface area contributed by atoms with Crippen LogP contribution in [0, 0.1) is 0 Å². The highest BCUT2D eigenvalue weighted by molar-refractivity contribution is 6.08. The number of nitrogens with one attached hydrogen (secondary N) is 1. The molecule has 0 aromatic carbocycles. The SMILES string of the molecule is COCn1oc(C(C)C)c(CC(NC(C)=O)(C(=O)OC)C(=O)OC)c1=O. The van der Waals surface area contributed by atoms with Gasteiger partial charge in [0.25, 0.3) is 5.56 Å². The van der Waals surface area contributed by atoms with Crippen molar-refractivity contribution in [3.8, 4) is 0 Å². The van der Waals surface area contributed by atoms with Crippen molar-refractivity contribution in [3.05, 3.63) is 21.7 Å². The first-order valence-corrected chi connectivity index (χ1v) is 7.82. The van der Waals surface area contributed by atoms with Crippen molar-refractivity contribution in [2.45, 2.75) is 45.4 Å². The lowest BCUT2D eigenvalue weighted by molar-refractivity contribution is -0.165. The third-order valence-electron chi connectivity index (χ3n) is 3.66. The van der Waals surface area contributed by atoms with Gasteiger partial charge in [-0.05, 0) is 0 Å². The maximum Gasteiger partial charge on any atom is 0.343 e. The Bertz CT molecular complexity index is 715. The Morgan fingerprint density at radius 2 is 1.69 bits per heavy atom. The molecule has 0 saturated heterocycles. The number of hydrogen-bond acceptors (Lipinski definition) is 8. The molecule has 10 nitrogen and oxygen atoms in total. The smallest absolute Gasteiger partial charge is 0.343 e. The van der Waals surface area contributed by atoms with E-state index in [4.69, 9.17) is 9.26 Å². The van der Waals surface area contributed by atoms with Gasteiger partial charge in [-0.25, -0.2) is 9.59 Å². The van der Waals surface area contributed by atoms with Gasteiger partial charge in [-0.2, -0.15) is 0 Å². The molecule has 1 heterocycles. The van der Waals surface area contributed by atoms with Crippen molar-refractivity contribution < 1.29 is 33.1 Å². The zero-order chi connectivity index (χ0) is 20.1. The van der Waals surface area contributed by atoms with Crippen LogP contribution >= 0.6 is 0 Å². The summed E-state index contributed by atoms with van der Waals surface area (Å²) in [6, 6.07) is 0. The molecule has 1 rings (SSSR count). The Balaban J connectivity index is 3.61. The van der Waals surface area contributed by atoms with Crippen LogP contribution in [0.25, 0.3) is 0 Å². The second kappa shape index (κ2) is 8.65. The number of nitrogens with zero attached hydrogens (tertiary/aromatic N) is 1. The Morgan fingerprint density at radius 3 is 2.08 bits per heavy atom. The molecule has 1 N–H and O–H groups in total. The minimum atomic E-state index is -2.22. The highest BCUT2D eigenvalue weighted by Gasteiger charge is 2.51. The molecule has 0 spiro atoms. The molecule has 0 radical (unpaired) electrons. The van der Waals surface area contributed by atoms with E-state index in [1.165, 1.54) is 7.11 Å². The maximum absolute atomic E-state index is 12.6. The molecule has 0 saturated carbocycles. The van der Waals surface area contributed by atoms with E-state index in [1.807, 2.05) is 0 Å². The molecule has 0 aliphatic heterocycles. The normalized spacial score (nSPS) is 11.3. The fourth-order valence-corrected chi connectivity index (χ4v) is 2.58. The Morgan fingerprint density at radius 1 is 1.15 bits per heavy atom. The molecule has 0 fully saturated rings. The average molecular weight is 372 g/mol. The van der Waals surface area contributed by atoms with Crippen LogP contribution in [-0.2, 0) is 41.7 Å². The van der Waals surface area contributed by atoms with Gasteiger partial charge in [0.15, 0.2) is 6.73 Å². The van der Waals surface area contributed by atoms with Gasteiger partial charge in [-0.15, -0.1) is 4.74 Å². The van der Waals surface area contributed by atoms with Gasteiger partial charge >= 0.3 is 11.9 Å². The van der Waals surface area contributed by atoms with Crippen molar-refractivity contribution in [2.24, 2.45) is 0 Å². The molecular formula is C16H24N2O8. The minimum Gasteiger partial charge on any atom is -0.467 e. The zero-order valence-corrected chi connectivity index (χ0v) is 15.7. The van der Waals surface area contributed by atoms with Gasteiger partial charge < -0.3 is 24.1 Å². The van der Waals surface area contributed by atoms with E-state index in [2.05, 4.69) is 14.8 Å². The van der Waals surface area contributed by atoms with E-state index in [0.29, 0.717) is 0 Å². The van der Waals surface area contributed by atoms with Crippen LogP contribution in [-0.4, -0.2) is 49.5 Å². The Kier molecular flexibility index (Phi) is 7.13. The summed E-state index contributed by atoms with van der Waals surface area (Å²) in [7, 11) is 3.50. The first kappa shape index (κ1) is 21.4. The van der Waals surface area contributed by atoms with Gasteiger partial charge in [-0.3, -0.25) is 9.59 Å². The Hall–Kier alpha value is -2.62. The molecular weight excluding hydrogens is 348 g/mol.